The minimum absolute atomic E-state index is 0.134. The van der Waals surface area contributed by atoms with Crippen molar-refractivity contribution in [3.05, 3.63) is 124 Å². The maximum absolute atomic E-state index is 13.4. The summed E-state index contributed by atoms with van der Waals surface area (Å²) in [5.41, 5.74) is 2.52. The van der Waals surface area contributed by atoms with Crippen LogP contribution in [0.25, 0.3) is 5.65 Å². The standard InChI is InChI=1S/C38H38N10O7S2/c1-45(2)16-14-26(23-55-27-8-4-3-5-9-27)40-31-12-11-28(19-33(31)48(51)52)57(53,54)44-37(50)32-24-56-38(41-32)47-17-13-25-7-6-10-29(30(25)21-47)36(49)43-34-22-46-18-15-39-20-35(46)42-34/h3-12,15,18-20,22,24,26,40H,13-14,16-17,21,23H2,1-2H3,(H2-,43,44,49,50,51,52)/p+1/t26-/m1/s1. The van der Waals surface area contributed by atoms with Crippen molar-refractivity contribution in [1.29, 1.82) is 0 Å². The summed E-state index contributed by atoms with van der Waals surface area (Å²) in [5.74, 6) is -0.279. The van der Waals surface area contributed by atoms with E-state index in [0.717, 1.165) is 28.5 Å². The van der Waals surface area contributed by atoms with Gasteiger partial charge in [0.1, 0.15) is 23.7 Å². The number of nitrogens with zero attached hydrogens (tertiary/aromatic N) is 7. The van der Waals surface area contributed by atoms with E-state index in [1.54, 1.807) is 35.3 Å². The van der Waals surface area contributed by atoms with Crippen LogP contribution in [0, 0.1) is 4.91 Å². The predicted octanol–water partition coefficient (Wildman–Crippen LogP) is 4.73. The number of amides is 2. The lowest BCUT2D eigenvalue weighted by molar-refractivity contribution is -0.729. The number of benzene rings is 3. The molecule has 7 rings (SSSR count). The highest BCUT2D eigenvalue weighted by Gasteiger charge is 2.29. The average Bonchev–Trinajstić information content (AvgIpc) is 3.86. The van der Waals surface area contributed by atoms with Gasteiger partial charge in [0.15, 0.2) is 16.6 Å². The topological polar surface area (TPSA) is 203 Å². The molecule has 19 heteroatoms. The molecule has 0 spiro atoms. The Morgan fingerprint density at radius 2 is 1.89 bits per heavy atom. The van der Waals surface area contributed by atoms with Crippen molar-refractivity contribution in [3.63, 3.8) is 0 Å². The van der Waals surface area contributed by atoms with Crippen LogP contribution in [0.5, 0.6) is 5.75 Å². The Kier molecular flexibility index (Phi) is 11.4. The van der Waals surface area contributed by atoms with Crippen LogP contribution in [0.2, 0.25) is 0 Å². The summed E-state index contributed by atoms with van der Waals surface area (Å²) in [5, 5.41) is 18.0. The molecule has 6 aromatic rings. The molecule has 0 radical (unpaired) electrons. The molecule has 4 heterocycles. The fourth-order valence-electron chi connectivity index (χ4n) is 6.29. The van der Waals surface area contributed by atoms with E-state index in [4.69, 9.17) is 4.74 Å². The molecular weight excluding hydrogens is 773 g/mol. The van der Waals surface area contributed by atoms with Gasteiger partial charge in [0.05, 0.1) is 28.2 Å². The molecule has 0 bridgehead atoms. The smallest absolute Gasteiger partial charge is 0.340 e. The molecule has 294 valence electrons. The van der Waals surface area contributed by atoms with Gasteiger partial charge in [-0.15, -0.1) is 11.3 Å². The normalized spacial score (nSPS) is 13.2. The monoisotopic (exact) mass is 811 g/mol. The summed E-state index contributed by atoms with van der Waals surface area (Å²) < 4.78 is 36.6. The molecule has 1 aliphatic rings. The van der Waals surface area contributed by atoms with Crippen LogP contribution in [0.15, 0.2) is 102 Å². The van der Waals surface area contributed by atoms with Crippen LogP contribution in [-0.2, 0) is 23.0 Å². The lowest BCUT2D eigenvalue weighted by atomic mass is 9.94. The zero-order chi connectivity index (χ0) is 40.1. The number of nitrogens with one attached hydrogen (secondary N) is 3. The van der Waals surface area contributed by atoms with Crippen molar-refractivity contribution >= 4 is 61.1 Å². The van der Waals surface area contributed by atoms with Gasteiger partial charge in [0, 0.05) is 42.5 Å². The third kappa shape index (κ3) is 9.17. The van der Waals surface area contributed by atoms with Gasteiger partial charge in [0.25, 0.3) is 26.8 Å². The molecule has 0 saturated carbocycles. The zero-order valence-electron chi connectivity index (χ0n) is 30.9. The number of carbonyl (C=O) groups is 2. The van der Waals surface area contributed by atoms with E-state index in [1.807, 2.05) is 71.1 Å². The average molecular weight is 812 g/mol. The van der Waals surface area contributed by atoms with Crippen molar-refractivity contribution in [2.24, 2.45) is 0 Å². The highest BCUT2D eigenvalue weighted by molar-refractivity contribution is 7.90. The Morgan fingerprint density at radius 1 is 1.07 bits per heavy atom. The number of imidazole rings is 1. The molecule has 57 heavy (non-hydrogen) atoms. The third-order valence-corrected chi connectivity index (χ3v) is 11.4. The Labute approximate surface area is 331 Å². The predicted molar refractivity (Wildman–Crippen MR) is 213 cm³/mol. The lowest BCUT2D eigenvalue weighted by Crippen LogP contribution is -2.33. The van der Waals surface area contributed by atoms with Crippen LogP contribution in [0.1, 0.15) is 38.4 Å². The number of rotatable bonds is 15. The van der Waals surface area contributed by atoms with E-state index < -0.39 is 25.7 Å². The van der Waals surface area contributed by atoms with Crippen LogP contribution >= 0.6 is 11.3 Å². The highest BCUT2D eigenvalue weighted by atomic mass is 32.2. The number of fused-ring (bicyclic) bond motifs is 2. The number of aromatic nitrogens is 4. The molecule has 0 aliphatic carbocycles. The van der Waals surface area contributed by atoms with Crippen LogP contribution in [0.4, 0.5) is 22.3 Å². The van der Waals surface area contributed by atoms with Gasteiger partial charge in [-0.2, -0.15) is 0 Å². The SMILES string of the molecule is CN(C)CC[C@H](COc1ccccc1)Nc1ccc(S(=O)(=O)NC(=O)c2csc(N3CCc4cccc(C(=O)Nc5cn6ccncc6n5)c4C3)n2)cc1[N+](=O)O. The number of para-hydroxylation sites is 1. The summed E-state index contributed by atoms with van der Waals surface area (Å²) in [6.45, 7) is 1.77. The van der Waals surface area contributed by atoms with E-state index in [2.05, 4.69) is 25.6 Å². The van der Waals surface area contributed by atoms with Gasteiger partial charge in [-0.05, 0) is 74.9 Å². The van der Waals surface area contributed by atoms with Crippen LogP contribution in [0.3, 0.4) is 0 Å². The highest BCUT2D eigenvalue weighted by Crippen LogP contribution is 2.31. The maximum atomic E-state index is 13.4. The third-order valence-electron chi connectivity index (χ3n) is 9.21. The Bertz CT molecular complexity index is 2510. The summed E-state index contributed by atoms with van der Waals surface area (Å²) in [4.78, 5) is 54.9. The summed E-state index contributed by atoms with van der Waals surface area (Å²) in [7, 11) is -0.682. The largest absolute Gasteiger partial charge is 0.491 e. The molecule has 4 N–H and O–H groups in total. The minimum atomic E-state index is -4.52. The number of hydrogen-bond donors (Lipinski definition) is 4. The summed E-state index contributed by atoms with van der Waals surface area (Å²) in [6, 6.07) is 17.9. The first kappa shape index (κ1) is 38.8. The molecule has 1 atom stereocenters. The fraction of sp³-hybridized carbons (Fsp3) is 0.237. The first-order chi connectivity index (χ1) is 27.4. The van der Waals surface area contributed by atoms with E-state index in [1.165, 1.54) is 17.5 Å². The molecule has 3 aromatic carbocycles. The van der Waals surface area contributed by atoms with Gasteiger partial charge < -0.3 is 29.6 Å². The van der Waals surface area contributed by atoms with Gasteiger partial charge in [-0.1, -0.05) is 30.3 Å². The molecule has 0 fully saturated rings. The first-order valence-electron chi connectivity index (χ1n) is 17.8. The molecule has 2 amide bonds. The number of hydrogen-bond acceptors (Lipinski definition) is 13. The second-order valence-electron chi connectivity index (χ2n) is 13.5. The van der Waals surface area contributed by atoms with Crippen LogP contribution in [-0.4, -0.2) is 94.4 Å². The van der Waals surface area contributed by atoms with Crippen LogP contribution < -0.4 is 25.0 Å². The first-order valence-corrected chi connectivity index (χ1v) is 20.2. The molecule has 17 nitrogen and oxygen atoms in total. The molecule has 0 unspecified atom stereocenters. The Balaban J connectivity index is 1.02. The van der Waals surface area contributed by atoms with Gasteiger partial charge in [-0.25, -0.2) is 28.3 Å². The zero-order valence-corrected chi connectivity index (χ0v) is 32.5. The fourth-order valence-corrected chi connectivity index (χ4v) is 8.11. The quantitative estimate of drug-likeness (QED) is 0.104. The van der Waals surface area contributed by atoms with E-state index >= 15 is 0 Å². The van der Waals surface area contributed by atoms with Crippen molar-refractivity contribution in [2.45, 2.75) is 30.3 Å². The summed E-state index contributed by atoms with van der Waals surface area (Å²) in [6.07, 6.45) is 7.85. The van der Waals surface area contributed by atoms with Crippen molar-refractivity contribution in [2.75, 3.05) is 49.3 Å². The number of thiazole rings is 1. The number of carbonyl (C=O) groups excluding carboxylic acids is 2. The van der Waals surface area contributed by atoms with E-state index in [0.29, 0.717) is 60.4 Å². The molecule has 1 aliphatic heterocycles. The molecule has 3 aromatic heterocycles. The van der Waals surface area contributed by atoms with Crippen molar-refractivity contribution in [1.82, 2.24) is 29.0 Å². The minimum Gasteiger partial charge on any atom is -0.491 e. The number of ether oxygens (including phenoxy) is 1. The van der Waals surface area contributed by atoms with Gasteiger partial charge in [-0.3, -0.25) is 14.6 Å². The molecule has 0 saturated heterocycles. The van der Waals surface area contributed by atoms with Crippen molar-refractivity contribution < 1.29 is 32.9 Å². The molecular formula is C38H39N10O7S2+. The van der Waals surface area contributed by atoms with E-state index in [-0.39, 0.29) is 35.6 Å². The number of anilines is 3. The lowest BCUT2D eigenvalue weighted by Gasteiger charge is -2.29. The van der Waals surface area contributed by atoms with Crippen molar-refractivity contribution in [3.8, 4) is 5.75 Å². The Hall–Kier alpha value is -6.44. The van der Waals surface area contributed by atoms with Gasteiger partial charge in [0.2, 0.25) is 0 Å². The second kappa shape index (κ2) is 16.7. The van der Waals surface area contributed by atoms with E-state index in [9.17, 15) is 28.1 Å². The summed E-state index contributed by atoms with van der Waals surface area (Å²) >= 11 is 1.16. The second-order valence-corrected chi connectivity index (χ2v) is 16.0. The van der Waals surface area contributed by atoms with Gasteiger partial charge >= 0.3 is 5.69 Å². The number of sulfonamides is 1. The maximum Gasteiger partial charge on any atom is 0.340 e. The Morgan fingerprint density at radius 3 is 2.67 bits per heavy atom.